The fourth-order valence-corrected chi connectivity index (χ4v) is 2.91. The van der Waals surface area contributed by atoms with E-state index in [1.807, 2.05) is 0 Å². The molecule has 0 saturated carbocycles. The van der Waals surface area contributed by atoms with Gasteiger partial charge in [-0.2, -0.15) is 0 Å². The Balaban J connectivity index is 2.03. The second kappa shape index (κ2) is 6.82. The summed E-state index contributed by atoms with van der Waals surface area (Å²) in [5.41, 5.74) is 5.88. The van der Waals surface area contributed by atoms with Gasteiger partial charge in [-0.05, 0) is 18.5 Å². The van der Waals surface area contributed by atoms with Crippen LogP contribution in [0.4, 0.5) is 5.82 Å². The summed E-state index contributed by atoms with van der Waals surface area (Å²) in [4.78, 5) is 19.6. The van der Waals surface area contributed by atoms with E-state index in [2.05, 4.69) is 20.2 Å². The lowest BCUT2D eigenvalue weighted by molar-refractivity contribution is 0.0526. The third-order valence-electron chi connectivity index (χ3n) is 2.06. The molecule has 0 unspecified atom stereocenters. The van der Waals surface area contributed by atoms with E-state index in [0.29, 0.717) is 15.4 Å². The molecule has 0 spiro atoms. The number of halogens is 1. The Bertz CT molecular complexity index is 621. The topological polar surface area (TPSA) is 104 Å². The van der Waals surface area contributed by atoms with Crippen LogP contribution in [0.2, 0.25) is 4.47 Å². The molecule has 0 radical (unpaired) electrons. The molecule has 0 aliphatic rings. The maximum atomic E-state index is 11.5. The van der Waals surface area contributed by atoms with Crippen molar-refractivity contribution in [2.75, 3.05) is 12.3 Å². The average Bonchev–Trinajstić information content (AvgIpc) is 2.82. The summed E-state index contributed by atoms with van der Waals surface area (Å²) in [7, 11) is 0. The summed E-state index contributed by atoms with van der Waals surface area (Å²) in [5.74, 6) is 0.0939. The van der Waals surface area contributed by atoms with Gasteiger partial charge < -0.3 is 10.5 Å². The Hall–Kier alpha value is -1.45. The van der Waals surface area contributed by atoms with Crippen LogP contribution < -0.4 is 5.73 Å². The van der Waals surface area contributed by atoms with E-state index in [9.17, 15) is 4.79 Å². The van der Waals surface area contributed by atoms with Crippen LogP contribution in [0, 0.1) is 0 Å². The minimum Gasteiger partial charge on any atom is -0.462 e. The van der Waals surface area contributed by atoms with Crippen molar-refractivity contribution in [2.24, 2.45) is 0 Å². The van der Waals surface area contributed by atoms with Crippen molar-refractivity contribution in [1.82, 2.24) is 20.2 Å². The lowest BCUT2D eigenvalue weighted by Crippen LogP contribution is -2.10. The first-order chi connectivity index (χ1) is 9.60. The van der Waals surface area contributed by atoms with Gasteiger partial charge in [0.1, 0.15) is 16.4 Å². The minimum atomic E-state index is -0.530. The van der Waals surface area contributed by atoms with Gasteiger partial charge in [0.25, 0.3) is 0 Å². The third-order valence-corrected chi connectivity index (χ3v) is 4.13. The number of anilines is 1. The number of nitrogens with two attached hydrogens (primary N) is 1. The second-order valence-corrected chi connectivity index (χ2v) is 6.00. The number of thioether (sulfide) groups is 1. The number of carbonyl (C=O) groups is 1. The molecule has 0 aliphatic heterocycles. The maximum absolute atomic E-state index is 11.5. The van der Waals surface area contributed by atoms with Crippen molar-refractivity contribution in [3.05, 3.63) is 21.2 Å². The molecule has 0 bridgehead atoms. The van der Waals surface area contributed by atoms with Crippen molar-refractivity contribution >= 4 is 46.5 Å². The van der Waals surface area contributed by atoms with Crippen LogP contribution in [-0.2, 0) is 10.5 Å². The van der Waals surface area contributed by atoms with Crippen LogP contribution in [0.25, 0.3) is 0 Å². The fourth-order valence-electron chi connectivity index (χ4n) is 1.23. The quantitative estimate of drug-likeness (QED) is 0.504. The number of rotatable bonds is 5. The highest BCUT2D eigenvalue weighted by Gasteiger charge is 2.14. The van der Waals surface area contributed by atoms with Crippen LogP contribution in [0.5, 0.6) is 0 Å². The molecular formula is C10H10ClN5O2S2. The van der Waals surface area contributed by atoms with Gasteiger partial charge in [0, 0.05) is 6.20 Å². The smallest absolute Gasteiger partial charge is 0.343 e. The molecule has 0 amide bonds. The molecular weight excluding hydrogens is 322 g/mol. The van der Waals surface area contributed by atoms with Gasteiger partial charge in [0.15, 0.2) is 5.16 Å². The fraction of sp³-hybridized carbons (Fsp3) is 0.300. The highest BCUT2D eigenvalue weighted by atomic mass is 35.5. The Morgan fingerprint density at radius 2 is 2.35 bits per heavy atom. The standard InChI is InChI=1S/C10H10ClN5O2S2/c1-2-18-8(17)5-3-13-10(14-7(5)12)19-4-6-15-16-9(11)20-6/h3H,2,4H2,1H3,(H2,12,13,14). The van der Waals surface area contributed by atoms with Crippen molar-refractivity contribution in [3.8, 4) is 0 Å². The molecule has 0 aliphatic carbocycles. The van der Waals surface area contributed by atoms with Crippen LogP contribution >= 0.6 is 34.7 Å². The van der Waals surface area contributed by atoms with E-state index < -0.39 is 5.97 Å². The lowest BCUT2D eigenvalue weighted by Gasteiger charge is -2.05. The second-order valence-electron chi connectivity index (χ2n) is 3.41. The summed E-state index contributed by atoms with van der Waals surface area (Å²) in [6.07, 6.45) is 1.36. The highest BCUT2D eigenvalue weighted by Crippen LogP contribution is 2.24. The number of hydrogen-bond acceptors (Lipinski definition) is 9. The predicted octanol–water partition coefficient (Wildman–Crippen LogP) is 2.03. The summed E-state index contributed by atoms with van der Waals surface area (Å²) in [6, 6.07) is 0. The van der Waals surface area contributed by atoms with Crippen molar-refractivity contribution in [1.29, 1.82) is 0 Å². The molecule has 2 N–H and O–H groups in total. The Labute approximate surface area is 127 Å². The summed E-state index contributed by atoms with van der Waals surface area (Å²) in [6.45, 7) is 1.99. The van der Waals surface area contributed by atoms with Gasteiger partial charge in [0.05, 0.1) is 12.4 Å². The largest absolute Gasteiger partial charge is 0.462 e. The normalized spacial score (nSPS) is 10.5. The molecule has 0 saturated heterocycles. The first kappa shape index (κ1) is 14.9. The highest BCUT2D eigenvalue weighted by molar-refractivity contribution is 7.98. The van der Waals surface area contributed by atoms with E-state index >= 15 is 0 Å². The number of ether oxygens (including phenoxy) is 1. The number of nitrogen functional groups attached to an aromatic ring is 1. The van der Waals surface area contributed by atoms with Gasteiger partial charge in [-0.1, -0.05) is 23.1 Å². The Morgan fingerprint density at radius 1 is 1.55 bits per heavy atom. The van der Waals surface area contributed by atoms with Gasteiger partial charge in [-0.15, -0.1) is 10.2 Å². The van der Waals surface area contributed by atoms with Crippen LogP contribution in [0.3, 0.4) is 0 Å². The predicted molar refractivity (Wildman–Crippen MR) is 76.9 cm³/mol. The van der Waals surface area contributed by atoms with Crippen LogP contribution in [0.15, 0.2) is 11.4 Å². The van der Waals surface area contributed by atoms with Gasteiger partial charge in [-0.3, -0.25) is 0 Å². The molecule has 10 heteroatoms. The zero-order valence-electron chi connectivity index (χ0n) is 10.4. The zero-order chi connectivity index (χ0) is 14.5. The van der Waals surface area contributed by atoms with E-state index in [1.165, 1.54) is 29.3 Å². The molecule has 2 heterocycles. The van der Waals surface area contributed by atoms with Crippen molar-refractivity contribution in [2.45, 2.75) is 17.8 Å². The van der Waals surface area contributed by atoms with E-state index in [1.54, 1.807) is 6.92 Å². The van der Waals surface area contributed by atoms with Crippen molar-refractivity contribution in [3.63, 3.8) is 0 Å². The summed E-state index contributed by atoms with van der Waals surface area (Å²) >= 11 is 8.30. The van der Waals surface area contributed by atoms with Crippen molar-refractivity contribution < 1.29 is 9.53 Å². The number of hydrogen-bond donors (Lipinski definition) is 1. The van der Waals surface area contributed by atoms with E-state index in [-0.39, 0.29) is 18.0 Å². The third kappa shape index (κ3) is 3.78. The average molecular weight is 332 g/mol. The molecule has 7 nitrogen and oxygen atoms in total. The number of nitrogens with zero attached hydrogens (tertiary/aromatic N) is 4. The molecule has 0 aromatic carbocycles. The summed E-state index contributed by atoms with van der Waals surface area (Å²) < 4.78 is 5.23. The van der Waals surface area contributed by atoms with Crippen LogP contribution in [-0.4, -0.2) is 32.7 Å². The molecule has 2 aromatic heterocycles. The van der Waals surface area contributed by atoms with E-state index in [4.69, 9.17) is 22.1 Å². The SMILES string of the molecule is CCOC(=O)c1cnc(SCc2nnc(Cl)s2)nc1N. The first-order valence-corrected chi connectivity index (χ1v) is 7.68. The molecule has 0 fully saturated rings. The number of esters is 1. The molecule has 2 aromatic rings. The zero-order valence-corrected chi connectivity index (χ0v) is 12.8. The Kier molecular flexibility index (Phi) is 5.10. The van der Waals surface area contributed by atoms with E-state index in [0.717, 1.165) is 5.01 Å². The molecule has 0 atom stereocenters. The molecule has 2 rings (SSSR count). The minimum absolute atomic E-state index is 0.0937. The molecule has 106 valence electrons. The number of aromatic nitrogens is 4. The van der Waals surface area contributed by atoms with Crippen LogP contribution in [0.1, 0.15) is 22.3 Å². The van der Waals surface area contributed by atoms with Gasteiger partial charge >= 0.3 is 5.97 Å². The molecule has 20 heavy (non-hydrogen) atoms. The first-order valence-electron chi connectivity index (χ1n) is 5.50. The monoisotopic (exact) mass is 331 g/mol. The number of carbonyl (C=O) groups excluding carboxylic acids is 1. The lowest BCUT2D eigenvalue weighted by atomic mass is 10.3. The maximum Gasteiger partial charge on any atom is 0.343 e. The van der Waals surface area contributed by atoms with Gasteiger partial charge in [0.2, 0.25) is 4.47 Å². The Morgan fingerprint density at radius 3 is 2.95 bits per heavy atom. The summed E-state index contributed by atoms with van der Waals surface area (Å²) in [5, 5.41) is 8.78. The van der Waals surface area contributed by atoms with Gasteiger partial charge in [-0.25, -0.2) is 14.8 Å².